The van der Waals surface area contributed by atoms with Crippen LogP contribution in [0.4, 0.5) is 0 Å². The van der Waals surface area contributed by atoms with E-state index in [0.29, 0.717) is 49.9 Å². The Bertz CT molecular complexity index is 1020. The minimum atomic E-state index is -3.32. The molecule has 1 unspecified atom stereocenters. The second-order valence-corrected chi connectivity index (χ2v) is 9.92. The Labute approximate surface area is 169 Å². The van der Waals surface area contributed by atoms with Crippen molar-refractivity contribution < 1.29 is 17.7 Å². The van der Waals surface area contributed by atoms with Crippen molar-refractivity contribution in [3.8, 4) is 0 Å². The van der Waals surface area contributed by atoms with Crippen LogP contribution in [0.3, 0.4) is 0 Å². The van der Waals surface area contributed by atoms with Crippen LogP contribution < -0.4 is 4.72 Å². The first-order valence-corrected chi connectivity index (χ1v) is 11.5. The van der Waals surface area contributed by atoms with Gasteiger partial charge in [0.05, 0.1) is 11.2 Å². The summed E-state index contributed by atoms with van der Waals surface area (Å²) in [6, 6.07) is 1.51. The summed E-state index contributed by atoms with van der Waals surface area (Å²) in [6.07, 6.45) is 2.77. The predicted molar refractivity (Wildman–Crippen MR) is 104 cm³/mol. The van der Waals surface area contributed by atoms with Gasteiger partial charge < -0.3 is 9.42 Å². The lowest BCUT2D eigenvalue weighted by molar-refractivity contribution is 0.0761. The minimum Gasteiger partial charge on any atom is -0.339 e. The van der Waals surface area contributed by atoms with Crippen LogP contribution in [-0.2, 0) is 22.0 Å². The molecule has 3 heterocycles. The van der Waals surface area contributed by atoms with E-state index in [1.807, 2.05) is 6.92 Å². The first-order chi connectivity index (χ1) is 13.8. The maximum absolute atomic E-state index is 13.1. The van der Waals surface area contributed by atoms with Gasteiger partial charge in [0, 0.05) is 31.9 Å². The Morgan fingerprint density at radius 1 is 1.41 bits per heavy atom. The van der Waals surface area contributed by atoms with E-state index in [-0.39, 0.29) is 23.6 Å². The Balaban J connectivity index is 1.62. The van der Waals surface area contributed by atoms with Gasteiger partial charge in [-0.1, -0.05) is 5.16 Å². The number of sulfonamides is 1. The number of nitrogens with zero attached hydrogens (tertiary/aromatic N) is 5. The van der Waals surface area contributed by atoms with Gasteiger partial charge in [0.2, 0.25) is 15.9 Å². The third-order valence-corrected chi connectivity index (χ3v) is 7.53. The fraction of sp³-hybridized carbons (Fsp3) is 0.667. The summed E-state index contributed by atoms with van der Waals surface area (Å²) in [5, 5.41) is 8.13. The lowest BCUT2D eigenvalue weighted by Crippen LogP contribution is -2.40. The van der Waals surface area contributed by atoms with Crippen LogP contribution in [0.2, 0.25) is 0 Å². The normalized spacial score (nSPS) is 26.8. The third-order valence-electron chi connectivity index (χ3n) is 6.08. The van der Waals surface area contributed by atoms with Crippen molar-refractivity contribution in [1.29, 1.82) is 0 Å². The van der Waals surface area contributed by atoms with Crippen molar-refractivity contribution in [1.82, 2.24) is 29.5 Å². The SMILES string of the molecule is CCn1nccc1C(=O)N1CC2C[C@@H](NS(=O)(=O)CC)C[C@]2(c2nc(C)no2)C1. The predicted octanol–water partition coefficient (Wildman–Crippen LogP) is 0.706. The quantitative estimate of drug-likeness (QED) is 0.727. The van der Waals surface area contributed by atoms with Gasteiger partial charge in [-0.3, -0.25) is 9.48 Å². The van der Waals surface area contributed by atoms with Crippen LogP contribution in [0.15, 0.2) is 16.8 Å². The highest BCUT2D eigenvalue weighted by atomic mass is 32.2. The molecule has 11 heteroatoms. The molecule has 158 valence electrons. The molecule has 29 heavy (non-hydrogen) atoms. The number of fused-ring (bicyclic) bond motifs is 1. The smallest absolute Gasteiger partial charge is 0.272 e. The topological polar surface area (TPSA) is 123 Å². The zero-order valence-electron chi connectivity index (χ0n) is 16.8. The van der Waals surface area contributed by atoms with Crippen LogP contribution in [0.25, 0.3) is 0 Å². The van der Waals surface area contributed by atoms with E-state index in [1.54, 1.807) is 35.7 Å². The number of aromatic nitrogens is 4. The average Bonchev–Trinajstić information content (AvgIpc) is 3.42. The molecule has 2 fully saturated rings. The molecule has 3 atom stereocenters. The van der Waals surface area contributed by atoms with Gasteiger partial charge in [-0.2, -0.15) is 10.1 Å². The maximum atomic E-state index is 13.1. The molecule has 0 bridgehead atoms. The summed E-state index contributed by atoms with van der Waals surface area (Å²) in [6.45, 7) is 6.85. The van der Waals surface area contributed by atoms with Crippen molar-refractivity contribution in [2.45, 2.75) is 51.6 Å². The first kappa shape index (κ1) is 20.0. The zero-order valence-corrected chi connectivity index (χ0v) is 17.6. The second-order valence-electron chi connectivity index (χ2n) is 7.88. The summed E-state index contributed by atoms with van der Waals surface area (Å²) in [4.78, 5) is 19.4. The van der Waals surface area contributed by atoms with E-state index < -0.39 is 15.4 Å². The van der Waals surface area contributed by atoms with Gasteiger partial charge in [0.1, 0.15) is 5.69 Å². The lowest BCUT2D eigenvalue weighted by atomic mass is 9.80. The van der Waals surface area contributed by atoms with E-state index in [4.69, 9.17) is 4.52 Å². The number of rotatable bonds is 6. The molecule has 0 aromatic carbocycles. The van der Waals surface area contributed by atoms with Crippen LogP contribution in [0.1, 0.15) is 48.9 Å². The van der Waals surface area contributed by atoms with Crippen molar-refractivity contribution in [3.63, 3.8) is 0 Å². The zero-order chi connectivity index (χ0) is 20.8. The number of carbonyl (C=O) groups excluding carboxylic acids is 1. The Morgan fingerprint density at radius 2 is 2.21 bits per heavy atom. The molecule has 10 nitrogen and oxygen atoms in total. The van der Waals surface area contributed by atoms with Gasteiger partial charge in [-0.05, 0) is 45.6 Å². The van der Waals surface area contributed by atoms with Gasteiger partial charge in [-0.25, -0.2) is 13.1 Å². The fourth-order valence-electron chi connectivity index (χ4n) is 4.71. The highest BCUT2D eigenvalue weighted by Crippen LogP contribution is 2.50. The van der Waals surface area contributed by atoms with Crippen LogP contribution in [0, 0.1) is 12.8 Å². The molecule has 4 rings (SSSR count). The Hall–Kier alpha value is -2.27. The van der Waals surface area contributed by atoms with E-state index in [0.717, 1.165) is 0 Å². The van der Waals surface area contributed by atoms with Crippen molar-refractivity contribution in [2.24, 2.45) is 5.92 Å². The standard InChI is InChI=1S/C18H26N6O4S/c1-4-24-15(6-7-19-24)16(25)23-10-13-8-14(22-29(26,27)5-2)9-18(13,11-23)17-20-12(3)21-28-17/h6-7,13-14,22H,4-5,8-11H2,1-3H3/t13?,14-,18+/m1/s1. The molecule has 2 aromatic rings. The summed E-state index contributed by atoms with van der Waals surface area (Å²) in [5.74, 6) is 0.998. The van der Waals surface area contributed by atoms with Gasteiger partial charge in [0.15, 0.2) is 5.82 Å². The highest BCUT2D eigenvalue weighted by molar-refractivity contribution is 7.89. The summed E-state index contributed by atoms with van der Waals surface area (Å²) in [5.41, 5.74) is 0.00196. The van der Waals surface area contributed by atoms with Crippen LogP contribution in [-0.4, -0.2) is 64.0 Å². The molecule has 1 amide bonds. The molecule has 1 aliphatic heterocycles. The Kier molecular flexibility index (Phi) is 4.97. The van der Waals surface area contributed by atoms with E-state index in [9.17, 15) is 13.2 Å². The fourth-order valence-corrected chi connectivity index (χ4v) is 5.57. The van der Waals surface area contributed by atoms with Gasteiger partial charge in [0.25, 0.3) is 5.91 Å². The molecule has 2 aliphatic rings. The lowest BCUT2D eigenvalue weighted by Gasteiger charge is -2.25. The summed E-state index contributed by atoms with van der Waals surface area (Å²) >= 11 is 0. The molecular formula is C18H26N6O4S. The number of likely N-dealkylation sites (tertiary alicyclic amines) is 1. The average molecular weight is 423 g/mol. The molecule has 1 N–H and O–H groups in total. The van der Waals surface area contributed by atoms with Crippen LogP contribution in [0.5, 0.6) is 0 Å². The maximum Gasteiger partial charge on any atom is 0.272 e. The third kappa shape index (κ3) is 3.46. The van der Waals surface area contributed by atoms with Crippen molar-refractivity contribution >= 4 is 15.9 Å². The van der Waals surface area contributed by atoms with Gasteiger partial charge >= 0.3 is 0 Å². The molecular weight excluding hydrogens is 396 g/mol. The second kappa shape index (κ2) is 7.21. The van der Waals surface area contributed by atoms with E-state index in [1.165, 1.54) is 0 Å². The molecule has 0 radical (unpaired) electrons. The number of hydrogen-bond donors (Lipinski definition) is 1. The highest BCUT2D eigenvalue weighted by Gasteiger charge is 2.58. The van der Waals surface area contributed by atoms with E-state index in [2.05, 4.69) is 20.0 Å². The molecule has 0 spiro atoms. The number of carbonyl (C=O) groups is 1. The summed E-state index contributed by atoms with van der Waals surface area (Å²) < 4.78 is 34.2. The van der Waals surface area contributed by atoms with Crippen molar-refractivity contribution in [2.75, 3.05) is 18.8 Å². The van der Waals surface area contributed by atoms with Crippen LogP contribution >= 0.6 is 0 Å². The molecule has 2 aromatic heterocycles. The molecule has 1 saturated carbocycles. The summed E-state index contributed by atoms with van der Waals surface area (Å²) in [7, 11) is -3.32. The number of aryl methyl sites for hydroxylation is 2. The monoisotopic (exact) mass is 422 g/mol. The Morgan fingerprint density at radius 3 is 2.86 bits per heavy atom. The number of hydrogen-bond acceptors (Lipinski definition) is 7. The van der Waals surface area contributed by atoms with Crippen molar-refractivity contribution in [3.05, 3.63) is 29.7 Å². The number of nitrogens with one attached hydrogen (secondary N) is 1. The van der Waals surface area contributed by atoms with E-state index >= 15 is 0 Å². The van der Waals surface area contributed by atoms with Gasteiger partial charge in [-0.15, -0.1) is 0 Å². The minimum absolute atomic E-state index is 0.0342. The molecule has 1 aliphatic carbocycles. The largest absolute Gasteiger partial charge is 0.339 e. The number of amides is 1. The molecule has 1 saturated heterocycles. The first-order valence-electron chi connectivity index (χ1n) is 9.90.